The molecule has 2 aromatic rings. The molecule has 1 aromatic heterocycles. The number of aromatic nitrogens is 1. The first-order chi connectivity index (χ1) is 14.9. The molecule has 0 radical (unpaired) electrons. The van der Waals surface area contributed by atoms with Gasteiger partial charge < -0.3 is 14.8 Å². The van der Waals surface area contributed by atoms with Crippen molar-refractivity contribution in [3.63, 3.8) is 0 Å². The average molecular weight is 422 g/mol. The van der Waals surface area contributed by atoms with E-state index < -0.39 is 0 Å². The van der Waals surface area contributed by atoms with Crippen molar-refractivity contribution >= 4 is 16.8 Å². The largest absolute Gasteiger partial charge is 0.356 e. The Bertz CT molecular complexity index is 961. The molecule has 4 nitrogen and oxygen atoms in total. The third-order valence-corrected chi connectivity index (χ3v) is 8.46. The molecule has 3 unspecified atom stereocenters. The van der Waals surface area contributed by atoms with Crippen LogP contribution >= 0.6 is 0 Å². The van der Waals surface area contributed by atoms with Crippen LogP contribution in [0.25, 0.3) is 10.9 Å². The maximum atomic E-state index is 13.1. The third kappa shape index (κ3) is 3.82. The fourth-order valence-electron chi connectivity index (χ4n) is 6.82. The van der Waals surface area contributed by atoms with E-state index in [0.29, 0.717) is 18.0 Å². The molecule has 1 saturated carbocycles. The normalized spacial score (nSPS) is 30.7. The maximum absolute atomic E-state index is 13.1. The zero-order valence-corrected chi connectivity index (χ0v) is 19.7. The van der Waals surface area contributed by atoms with Gasteiger partial charge in [-0.2, -0.15) is 0 Å². The molecule has 1 aromatic carbocycles. The van der Waals surface area contributed by atoms with Gasteiger partial charge in [0, 0.05) is 48.2 Å². The van der Waals surface area contributed by atoms with Gasteiger partial charge in [0.15, 0.2) is 0 Å². The Kier molecular flexibility index (Phi) is 5.62. The molecule has 1 aliphatic heterocycles. The number of nitrogens with zero attached hydrogens (tertiary/aromatic N) is 2. The van der Waals surface area contributed by atoms with Gasteiger partial charge in [0.1, 0.15) is 0 Å². The molecule has 168 valence electrons. The summed E-state index contributed by atoms with van der Waals surface area (Å²) in [4.78, 5) is 15.6. The number of carbonyl (C=O) groups excluding carboxylic acids is 1. The highest BCUT2D eigenvalue weighted by molar-refractivity contribution is 5.89. The first-order valence-corrected chi connectivity index (χ1v) is 12.5. The van der Waals surface area contributed by atoms with Crippen molar-refractivity contribution in [1.82, 2.24) is 14.8 Å². The van der Waals surface area contributed by atoms with Crippen molar-refractivity contribution < 1.29 is 4.79 Å². The molecule has 5 atom stereocenters. The van der Waals surface area contributed by atoms with Crippen LogP contribution in [0.5, 0.6) is 0 Å². The van der Waals surface area contributed by atoms with E-state index in [4.69, 9.17) is 0 Å². The van der Waals surface area contributed by atoms with Gasteiger partial charge >= 0.3 is 0 Å². The summed E-state index contributed by atoms with van der Waals surface area (Å²) in [5.74, 6) is 2.50. The van der Waals surface area contributed by atoms with E-state index >= 15 is 0 Å². The number of likely N-dealkylation sites (N-methyl/N-ethyl adjacent to an activating group) is 1. The summed E-state index contributed by atoms with van der Waals surface area (Å²) in [7, 11) is 2.22. The van der Waals surface area contributed by atoms with E-state index in [-0.39, 0.29) is 11.8 Å². The van der Waals surface area contributed by atoms with Crippen LogP contribution in [-0.2, 0) is 11.2 Å². The zero-order valence-electron chi connectivity index (χ0n) is 19.7. The summed E-state index contributed by atoms with van der Waals surface area (Å²) in [5, 5.41) is 4.76. The molecular weight excluding hydrogens is 382 g/mol. The Morgan fingerprint density at radius 1 is 1.23 bits per heavy atom. The molecule has 1 N–H and O–H groups in total. The summed E-state index contributed by atoms with van der Waals surface area (Å²) in [6.45, 7) is 8.61. The van der Waals surface area contributed by atoms with Gasteiger partial charge in [-0.3, -0.25) is 4.79 Å². The number of hydrogen-bond donors (Lipinski definition) is 1. The molecule has 2 fully saturated rings. The van der Waals surface area contributed by atoms with E-state index in [1.807, 2.05) is 0 Å². The number of likely N-dealkylation sites (tertiary alicyclic amines) is 1. The van der Waals surface area contributed by atoms with Gasteiger partial charge in [-0.1, -0.05) is 31.9 Å². The summed E-state index contributed by atoms with van der Waals surface area (Å²) >= 11 is 0. The predicted molar refractivity (Wildman–Crippen MR) is 127 cm³/mol. The molecule has 2 heterocycles. The van der Waals surface area contributed by atoms with E-state index in [0.717, 1.165) is 44.2 Å². The number of fused-ring (bicyclic) bond motifs is 2. The van der Waals surface area contributed by atoms with E-state index in [2.05, 4.69) is 67.0 Å². The highest BCUT2D eigenvalue weighted by Gasteiger charge is 2.41. The van der Waals surface area contributed by atoms with Crippen molar-refractivity contribution in [2.45, 2.75) is 77.3 Å². The first-order valence-electron chi connectivity index (χ1n) is 12.5. The second-order valence-corrected chi connectivity index (χ2v) is 11.0. The van der Waals surface area contributed by atoms with Gasteiger partial charge in [-0.15, -0.1) is 0 Å². The fraction of sp³-hybridized carbons (Fsp3) is 0.667. The van der Waals surface area contributed by atoms with Gasteiger partial charge in [0.2, 0.25) is 5.91 Å². The van der Waals surface area contributed by atoms with Crippen molar-refractivity contribution in [3.8, 4) is 0 Å². The van der Waals surface area contributed by atoms with Crippen LogP contribution < -0.4 is 5.32 Å². The summed E-state index contributed by atoms with van der Waals surface area (Å²) in [6, 6.07) is 7.77. The topological polar surface area (TPSA) is 37.3 Å². The van der Waals surface area contributed by atoms with Crippen LogP contribution in [0, 0.1) is 17.8 Å². The van der Waals surface area contributed by atoms with Crippen LogP contribution in [0.3, 0.4) is 0 Å². The molecule has 1 saturated heterocycles. The highest BCUT2D eigenvalue weighted by Crippen LogP contribution is 2.45. The number of rotatable bonds is 5. The minimum atomic E-state index is 0.0951. The van der Waals surface area contributed by atoms with Gasteiger partial charge in [-0.05, 0) is 75.6 Å². The molecule has 0 bridgehead atoms. The van der Waals surface area contributed by atoms with Gasteiger partial charge in [0.25, 0.3) is 0 Å². The lowest BCUT2D eigenvalue weighted by molar-refractivity contribution is -0.127. The number of hydrogen-bond acceptors (Lipinski definition) is 2. The molecular formula is C27H39N3O. The van der Waals surface area contributed by atoms with Crippen LogP contribution in [-0.4, -0.2) is 41.6 Å². The highest BCUT2D eigenvalue weighted by atomic mass is 16.1. The van der Waals surface area contributed by atoms with Crippen LogP contribution in [0.1, 0.15) is 76.0 Å². The Balaban J connectivity index is 1.32. The third-order valence-electron chi connectivity index (χ3n) is 8.46. The number of piperidine rings is 1. The monoisotopic (exact) mass is 421 g/mol. The van der Waals surface area contributed by atoms with Crippen molar-refractivity contribution in [2.75, 3.05) is 20.1 Å². The molecule has 31 heavy (non-hydrogen) atoms. The summed E-state index contributed by atoms with van der Waals surface area (Å²) < 4.78 is 2.43. The smallest absolute Gasteiger partial charge is 0.224 e. The molecule has 4 heteroatoms. The van der Waals surface area contributed by atoms with Gasteiger partial charge in [0.05, 0.1) is 5.92 Å². The summed E-state index contributed by atoms with van der Waals surface area (Å²) in [6.07, 6.45) is 9.65. The molecule has 5 rings (SSSR count). The Hall–Kier alpha value is -1.81. The minimum absolute atomic E-state index is 0.0951. The predicted octanol–water partition coefficient (Wildman–Crippen LogP) is 5.12. The standard InChI is InChI=1S/C27H39N3O/c1-17(2)30-16-20-14-25-23(22-6-5-7-24(30)26(20)22)13-21(15-29(25)4)27(31)28-11-10-19-9-8-18(3)12-19/h5-7,16-19,21,23,25H,8-15H2,1-4H3,(H,28,31)/t18?,19?,21?,23-,25-/m1/s1. The molecule has 2 aliphatic carbocycles. The number of nitrogens with one attached hydrogen (secondary N) is 1. The van der Waals surface area contributed by atoms with Gasteiger partial charge in [-0.25, -0.2) is 0 Å². The lowest BCUT2D eigenvalue weighted by atomic mass is 9.72. The molecule has 1 amide bonds. The van der Waals surface area contributed by atoms with E-state index in [1.165, 1.54) is 41.3 Å². The van der Waals surface area contributed by atoms with Crippen LogP contribution in [0.4, 0.5) is 0 Å². The number of carbonyl (C=O) groups is 1. The Labute approximate surface area is 187 Å². The fourth-order valence-corrected chi connectivity index (χ4v) is 6.82. The minimum Gasteiger partial charge on any atom is -0.356 e. The van der Waals surface area contributed by atoms with Crippen molar-refractivity contribution in [3.05, 3.63) is 35.5 Å². The Morgan fingerprint density at radius 3 is 2.81 bits per heavy atom. The average Bonchev–Trinajstić information content (AvgIpc) is 3.33. The SMILES string of the molecule is CC1CCC(CCNC(=O)C2C[C@@H]3c4cccc5c4c(cn5C(C)C)C[C@H]3N(C)C2)C1. The zero-order chi connectivity index (χ0) is 21.7. The summed E-state index contributed by atoms with van der Waals surface area (Å²) in [5.41, 5.74) is 4.31. The van der Waals surface area contributed by atoms with Crippen LogP contribution in [0.2, 0.25) is 0 Å². The molecule has 3 aliphatic rings. The van der Waals surface area contributed by atoms with Crippen molar-refractivity contribution in [1.29, 1.82) is 0 Å². The quantitative estimate of drug-likeness (QED) is 0.727. The maximum Gasteiger partial charge on any atom is 0.224 e. The molecule has 0 spiro atoms. The van der Waals surface area contributed by atoms with Crippen LogP contribution in [0.15, 0.2) is 24.4 Å². The lowest BCUT2D eigenvalue weighted by Crippen LogP contribution is -2.51. The lowest BCUT2D eigenvalue weighted by Gasteiger charge is -2.45. The van der Waals surface area contributed by atoms with E-state index in [9.17, 15) is 4.79 Å². The second-order valence-electron chi connectivity index (χ2n) is 11.0. The number of benzene rings is 1. The van der Waals surface area contributed by atoms with Crippen molar-refractivity contribution in [2.24, 2.45) is 17.8 Å². The Morgan fingerprint density at radius 2 is 2.06 bits per heavy atom. The second kappa shape index (κ2) is 8.27. The first kappa shape index (κ1) is 21.1. The number of amides is 1. The van der Waals surface area contributed by atoms with E-state index in [1.54, 1.807) is 0 Å².